The predicted molar refractivity (Wildman–Crippen MR) is 95.7 cm³/mol. The van der Waals surface area contributed by atoms with Crippen LogP contribution in [0.25, 0.3) is 0 Å². The normalized spacial score (nSPS) is 10.1. The Balaban J connectivity index is 1.63. The van der Waals surface area contributed by atoms with Gasteiger partial charge in [-0.1, -0.05) is 41.9 Å². The van der Waals surface area contributed by atoms with Crippen LogP contribution in [0.3, 0.4) is 0 Å². The average molecular weight is 349 g/mol. The molecular formula is C17H17ClN2O2S. The minimum atomic E-state index is -0.145. The molecule has 0 saturated carbocycles. The third kappa shape index (κ3) is 6.76. The summed E-state index contributed by atoms with van der Waals surface area (Å²) in [5.41, 5.74) is 1.74. The number of thioether (sulfide) groups is 1. The molecule has 0 saturated heterocycles. The molecular weight excluding hydrogens is 332 g/mol. The van der Waals surface area contributed by atoms with Gasteiger partial charge in [-0.2, -0.15) is 0 Å². The van der Waals surface area contributed by atoms with E-state index in [1.54, 1.807) is 24.3 Å². The van der Waals surface area contributed by atoms with Crippen molar-refractivity contribution in [2.45, 2.75) is 6.54 Å². The van der Waals surface area contributed by atoms with Crippen molar-refractivity contribution in [2.24, 2.45) is 0 Å². The Morgan fingerprint density at radius 1 is 0.913 bits per heavy atom. The summed E-state index contributed by atoms with van der Waals surface area (Å²) < 4.78 is 0. The fourth-order valence-electron chi connectivity index (χ4n) is 1.81. The molecule has 2 aromatic rings. The average Bonchev–Trinajstić information content (AvgIpc) is 2.56. The van der Waals surface area contributed by atoms with Crippen LogP contribution in [0.15, 0.2) is 54.6 Å². The molecule has 120 valence electrons. The lowest BCUT2D eigenvalue weighted by Crippen LogP contribution is -2.25. The van der Waals surface area contributed by atoms with Crippen LogP contribution in [0, 0.1) is 0 Å². The fraction of sp³-hybridized carbons (Fsp3) is 0.176. The molecule has 0 aliphatic heterocycles. The maximum absolute atomic E-state index is 11.8. The van der Waals surface area contributed by atoms with E-state index in [0.717, 1.165) is 5.56 Å². The van der Waals surface area contributed by atoms with Crippen LogP contribution in [0.2, 0.25) is 5.02 Å². The first-order valence-corrected chi connectivity index (χ1v) is 8.60. The molecule has 0 spiro atoms. The van der Waals surface area contributed by atoms with E-state index in [1.807, 2.05) is 30.3 Å². The van der Waals surface area contributed by atoms with Crippen molar-refractivity contribution in [3.05, 3.63) is 65.2 Å². The number of halogens is 1. The molecule has 0 heterocycles. The van der Waals surface area contributed by atoms with Crippen molar-refractivity contribution < 1.29 is 9.59 Å². The lowest BCUT2D eigenvalue weighted by atomic mass is 10.2. The van der Waals surface area contributed by atoms with Gasteiger partial charge >= 0.3 is 0 Å². The second-order valence-electron chi connectivity index (χ2n) is 4.81. The van der Waals surface area contributed by atoms with Gasteiger partial charge in [-0.25, -0.2) is 0 Å². The molecule has 0 aromatic heterocycles. The van der Waals surface area contributed by atoms with Crippen molar-refractivity contribution in [3.63, 3.8) is 0 Å². The number of carbonyl (C=O) groups excluding carboxylic acids is 2. The number of carbonyl (C=O) groups is 2. The van der Waals surface area contributed by atoms with Crippen LogP contribution in [0.1, 0.15) is 5.56 Å². The van der Waals surface area contributed by atoms with Gasteiger partial charge in [0, 0.05) is 17.3 Å². The van der Waals surface area contributed by atoms with E-state index >= 15 is 0 Å². The molecule has 23 heavy (non-hydrogen) atoms. The summed E-state index contributed by atoms with van der Waals surface area (Å²) in [7, 11) is 0. The second-order valence-corrected chi connectivity index (χ2v) is 6.23. The van der Waals surface area contributed by atoms with Gasteiger partial charge in [-0.15, -0.1) is 11.8 Å². The molecule has 0 atom stereocenters. The zero-order valence-corrected chi connectivity index (χ0v) is 14.0. The van der Waals surface area contributed by atoms with Gasteiger partial charge < -0.3 is 10.6 Å². The van der Waals surface area contributed by atoms with Crippen molar-refractivity contribution in [1.82, 2.24) is 5.32 Å². The molecule has 0 radical (unpaired) electrons. The van der Waals surface area contributed by atoms with E-state index in [-0.39, 0.29) is 23.3 Å². The Morgan fingerprint density at radius 2 is 1.57 bits per heavy atom. The highest BCUT2D eigenvalue weighted by Crippen LogP contribution is 2.13. The molecule has 2 N–H and O–H groups in total. The molecule has 0 aliphatic carbocycles. The molecule has 0 aliphatic rings. The highest BCUT2D eigenvalue weighted by Gasteiger charge is 2.06. The van der Waals surface area contributed by atoms with Crippen LogP contribution < -0.4 is 10.6 Å². The Kier molecular flexibility index (Phi) is 6.97. The number of amides is 2. The van der Waals surface area contributed by atoms with Gasteiger partial charge in [0.05, 0.1) is 11.5 Å². The number of hydrogen-bond acceptors (Lipinski definition) is 3. The van der Waals surface area contributed by atoms with Crippen molar-refractivity contribution in [3.8, 4) is 0 Å². The van der Waals surface area contributed by atoms with E-state index in [0.29, 0.717) is 17.3 Å². The Hall–Kier alpha value is -1.98. The van der Waals surface area contributed by atoms with Gasteiger partial charge in [0.25, 0.3) is 0 Å². The lowest BCUT2D eigenvalue weighted by Gasteiger charge is -2.06. The van der Waals surface area contributed by atoms with Gasteiger partial charge in [0.1, 0.15) is 0 Å². The summed E-state index contributed by atoms with van der Waals surface area (Å²) in [6.45, 7) is 0.497. The smallest absolute Gasteiger partial charge is 0.234 e. The van der Waals surface area contributed by atoms with Crippen LogP contribution in [0.5, 0.6) is 0 Å². The third-order valence-corrected chi connectivity index (χ3v) is 4.11. The Morgan fingerprint density at radius 3 is 2.26 bits per heavy atom. The highest BCUT2D eigenvalue weighted by molar-refractivity contribution is 8.00. The van der Waals surface area contributed by atoms with E-state index in [9.17, 15) is 9.59 Å². The molecule has 0 unspecified atom stereocenters. The Labute approximate surface area is 144 Å². The first kappa shape index (κ1) is 17.4. The monoisotopic (exact) mass is 348 g/mol. The van der Waals surface area contributed by atoms with Crippen LogP contribution in [-0.2, 0) is 16.1 Å². The summed E-state index contributed by atoms with van der Waals surface area (Å²) in [5.74, 6) is 0.244. The highest BCUT2D eigenvalue weighted by atomic mass is 35.5. The summed E-state index contributed by atoms with van der Waals surface area (Å²) in [4.78, 5) is 23.5. The first-order chi connectivity index (χ1) is 11.1. The minimum Gasteiger partial charge on any atom is -0.351 e. The molecule has 2 aromatic carbocycles. The summed E-state index contributed by atoms with van der Waals surface area (Å²) in [6.07, 6.45) is 0. The summed E-state index contributed by atoms with van der Waals surface area (Å²) >= 11 is 7.06. The van der Waals surface area contributed by atoms with Crippen molar-refractivity contribution in [1.29, 1.82) is 0 Å². The molecule has 2 rings (SSSR count). The van der Waals surface area contributed by atoms with E-state index in [2.05, 4.69) is 10.6 Å². The van der Waals surface area contributed by atoms with Gasteiger partial charge in [0.15, 0.2) is 0 Å². The minimum absolute atomic E-state index is 0.0851. The molecule has 6 heteroatoms. The van der Waals surface area contributed by atoms with Crippen LogP contribution in [-0.4, -0.2) is 23.3 Å². The van der Waals surface area contributed by atoms with Crippen LogP contribution >= 0.6 is 23.4 Å². The number of anilines is 1. The zero-order chi connectivity index (χ0) is 16.5. The summed E-state index contributed by atoms with van der Waals surface area (Å²) in [5, 5.41) is 6.19. The lowest BCUT2D eigenvalue weighted by molar-refractivity contribution is -0.118. The topological polar surface area (TPSA) is 58.2 Å². The predicted octanol–water partition coefficient (Wildman–Crippen LogP) is 3.33. The quantitative estimate of drug-likeness (QED) is 0.807. The largest absolute Gasteiger partial charge is 0.351 e. The van der Waals surface area contributed by atoms with Crippen molar-refractivity contribution in [2.75, 3.05) is 16.8 Å². The van der Waals surface area contributed by atoms with E-state index < -0.39 is 0 Å². The third-order valence-electron chi connectivity index (χ3n) is 2.93. The van der Waals surface area contributed by atoms with Gasteiger partial charge in [-0.3, -0.25) is 9.59 Å². The molecule has 4 nitrogen and oxygen atoms in total. The van der Waals surface area contributed by atoms with E-state index in [1.165, 1.54) is 11.8 Å². The first-order valence-electron chi connectivity index (χ1n) is 7.07. The van der Waals surface area contributed by atoms with Crippen LogP contribution in [0.4, 0.5) is 5.69 Å². The van der Waals surface area contributed by atoms with Crippen molar-refractivity contribution >= 4 is 40.9 Å². The standard InChI is InChI=1S/C17H17ClN2O2S/c18-14-6-8-15(9-7-14)20-17(22)12-23-11-16(21)19-10-13-4-2-1-3-5-13/h1-9H,10-12H2,(H,19,21)(H,20,22). The van der Waals surface area contributed by atoms with E-state index in [4.69, 9.17) is 11.6 Å². The maximum atomic E-state index is 11.8. The maximum Gasteiger partial charge on any atom is 0.234 e. The van der Waals surface area contributed by atoms with Gasteiger partial charge in [0.2, 0.25) is 11.8 Å². The molecule has 0 fully saturated rings. The SMILES string of the molecule is O=C(CSCC(=O)Nc1ccc(Cl)cc1)NCc1ccccc1. The number of rotatable bonds is 7. The summed E-state index contributed by atoms with van der Waals surface area (Å²) in [6, 6.07) is 16.6. The zero-order valence-electron chi connectivity index (χ0n) is 12.4. The molecule has 2 amide bonds. The fourth-order valence-corrected chi connectivity index (χ4v) is 2.59. The number of hydrogen-bond donors (Lipinski definition) is 2. The second kappa shape index (κ2) is 9.22. The number of benzene rings is 2. The van der Waals surface area contributed by atoms with Gasteiger partial charge in [-0.05, 0) is 29.8 Å². The number of nitrogens with one attached hydrogen (secondary N) is 2. The Bertz CT molecular complexity index is 647. The molecule has 0 bridgehead atoms.